The minimum Gasteiger partial charge on any atom is -0.507 e. The Morgan fingerprint density at radius 3 is 2.69 bits per heavy atom. The van der Waals surface area contributed by atoms with Crippen LogP contribution in [0.25, 0.3) is 5.76 Å². The van der Waals surface area contributed by atoms with Crippen LogP contribution in [0.4, 0.5) is 5.69 Å². The van der Waals surface area contributed by atoms with Gasteiger partial charge in [0.25, 0.3) is 17.4 Å². The van der Waals surface area contributed by atoms with Crippen LogP contribution in [0.2, 0.25) is 0 Å². The van der Waals surface area contributed by atoms with Gasteiger partial charge in [-0.1, -0.05) is 12.1 Å². The van der Waals surface area contributed by atoms with Crippen molar-refractivity contribution in [3.63, 3.8) is 0 Å². The van der Waals surface area contributed by atoms with Gasteiger partial charge in [0.1, 0.15) is 17.6 Å². The molecule has 1 saturated heterocycles. The van der Waals surface area contributed by atoms with Crippen LogP contribution in [0.1, 0.15) is 17.4 Å². The third-order valence-corrected chi connectivity index (χ3v) is 4.40. The van der Waals surface area contributed by atoms with Crippen molar-refractivity contribution >= 4 is 23.1 Å². The van der Waals surface area contributed by atoms with Crippen LogP contribution in [0.15, 0.2) is 52.7 Å². The molecule has 3 rings (SSSR count). The molecular formula is C19H18N2O8. The van der Waals surface area contributed by atoms with E-state index in [1.807, 2.05) is 0 Å². The highest BCUT2D eigenvalue weighted by atomic mass is 16.6. The van der Waals surface area contributed by atoms with Crippen LogP contribution < -0.4 is 0 Å². The molecule has 0 spiro atoms. The van der Waals surface area contributed by atoms with Gasteiger partial charge in [0.2, 0.25) is 0 Å². The molecule has 1 aromatic heterocycles. The molecular weight excluding hydrogens is 384 g/mol. The van der Waals surface area contributed by atoms with Gasteiger partial charge in [-0.3, -0.25) is 19.7 Å². The maximum atomic E-state index is 12.7. The third-order valence-electron chi connectivity index (χ3n) is 4.40. The first-order valence-electron chi connectivity index (χ1n) is 8.71. The summed E-state index contributed by atoms with van der Waals surface area (Å²) in [6.07, 6.45) is 1.37. The first-order chi connectivity index (χ1) is 14.0. The van der Waals surface area contributed by atoms with Gasteiger partial charge in [-0.2, -0.15) is 0 Å². The first kappa shape index (κ1) is 20.2. The summed E-state index contributed by atoms with van der Waals surface area (Å²) in [7, 11) is 0. The average molecular weight is 402 g/mol. The predicted octanol–water partition coefficient (Wildman–Crippen LogP) is 1.62. The number of nitro benzene ring substituents is 1. The average Bonchev–Trinajstić information content (AvgIpc) is 3.33. The Morgan fingerprint density at radius 1 is 1.24 bits per heavy atom. The zero-order chi connectivity index (χ0) is 21.0. The van der Waals surface area contributed by atoms with E-state index >= 15 is 0 Å². The van der Waals surface area contributed by atoms with Crippen LogP contribution in [-0.2, 0) is 14.3 Å². The molecule has 10 heteroatoms. The molecule has 0 radical (unpaired) electrons. The van der Waals surface area contributed by atoms with Gasteiger partial charge in [0.15, 0.2) is 0 Å². The van der Waals surface area contributed by atoms with Gasteiger partial charge in [-0.25, -0.2) is 0 Å². The topological polar surface area (TPSA) is 143 Å². The van der Waals surface area contributed by atoms with Crippen molar-refractivity contribution in [1.82, 2.24) is 4.90 Å². The summed E-state index contributed by atoms with van der Waals surface area (Å²) >= 11 is 0. The fourth-order valence-electron chi connectivity index (χ4n) is 3.11. The molecule has 152 valence electrons. The molecule has 1 aromatic carbocycles. The Labute approximate surface area is 164 Å². The number of hydrogen-bond acceptors (Lipinski definition) is 8. The van der Waals surface area contributed by atoms with Crippen molar-refractivity contribution in [1.29, 1.82) is 0 Å². The monoisotopic (exact) mass is 402 g/mol. The Bertz CT molecular complexity index is 951. The summed E-state index contributed by atoms with van der Waals surface area (Å²) in [5.74, 6) is -2.07. The van der Waals surface area contributed by atoms with Crippen molar-refractivity contribution < 1.29 is 33.9 Å². The summed E-state index contributed by atoms with van der Waals surface area (Å²) < 4.78 is 10.5. The van der Waals surface area contributed by atoms with Gasteiger partial charge < -0.3 is 24.3 Å². The smallest absolute Gasteiger partial charge is 0.295 e. The number of nitro groups is 1. The van der Waals surface area contributed by atoms with E-state index in [1.54, 1.807) is 12.1 Å². The number of aliphatic hydroxyl groups excluding tert-OH is 2. The molecule has 2 heterocycles. The van der Waals surface area contributed by atoms with Crippen LogP contribution in [0.3, 0.4) is 0 Å². The lowest BCUT2D eigenvalue weighted by Crippen LogP contribution is -2.33. The molecule has 0 aliphatic carbocycles. The molecule has 10 nitrogen and oxygen atoms in total. The number of benzene rings is 1. The molecule has 1 amide bonds. The van der Waals surface area contributed by atoms with Crippen molar-refractivity contribution in [2.45, 2.75) is 6.04 Å². The third kappa shape index (κ3) is 4.03. The van der Waals surface area contributed by atoms with E-state index in [-0.39, 0.29) is 48.9 Å². The highest BCUT2D eigenvalue weighted by Gasteiger charge is 2.47. The molecule has 1 aliphatic heterocycles. The Hall–Kier alpha value is -3.50. The van der Waals surface area contributed by atoms with Crippen molar-refractivity contribution in [3.05, 3.63) is 69.7 Å². The van der Waals surface area contributed by atoms with Crippen molar-refractivity contribution in [2.75, 3.05) is 26.4 Å². The maximum Gasteiger partial charge on any atom is 0.295 e. The Balaban J connectivity index is 2.04. The van der Waals surface area contributed by atoms with E-state index in [1.165, 1.54) is 29.4 Å². The Morgan fingerprint density at radius 2 is 2.03 bits per heavy atom. The molecule has 1 fully saturated rings. The van der Waals surface area contributed by atoms with E-state index in [4.69, 9.17) is 14.3 Å². The number of carbonyl (C=O) groups is 2. The molecule has 1 unspecified atom stereocenters. The largest absolute Gasteiger partial charge is 0.507 e. The summed E-state index contributed by atoms with van der Waals surface area (Å²) in [6, 6.07) is 7.25. The van der Waals surface area contributed by atoms with Gasteiger partial charge in [-0.05, 0) is 12.1 Å². The molecule has 2 N–H and O–H groups in total. The van der Waals surface area contributed by atoms with Crippen molar-refractivity contribution in [3.8, 4) is 0 Å². The van der Waals surface area contributed by atoms with Crippen LogP contribution in [0.5, 0.6) is 0 Å². The highest BCUT2D eigenvalue weighted by molar-refractivity contribution is 6.46. The number of Topliss-reactive ketones (excluding diaryl/α,β-unsaturated/α-hetero) is 1. The number of non-ortho nitro benzene ring substituents is 1. The summed E-state index contributed by atoms with van der Waals surface area (Å²) in [4.78, 5) is 36.8. The highest BCUT2D eigenvalue weighted by Crippen LogP contribution is 2.39. The number of ketones is 1. The number of amides is 1. The minimum absolute atomic E-state index is 0.0155. The number of nitrogens with zero attached hydrogens (tertiary/aromatic N) is 2. The number of rotatable bonds is 8. The molecule has 0 saturated carbocycles. The van der Waals surface area contributed by atoms with E-state index in [0.717, 1.165) is 6.07 Å². The second-order valence-electron chi connectivity index (χ2n) is 6.15. The number of aliphatic hydroxyl groups is 2. The van der Waals surface area contributed by atoms with E-state index in [0.29, 0.717) is 0 Å². The number of ether oxygens (including phenoxy) is 1. The molecule has 1 atom stereocenters. The zero-order valence-electron chi connectivity index (χ0n) is 15.2. The lowest BCUT2D eigenvalue weighted by Gasteiger charge is -2.23. The lowest BCUT2D eigenvalue weighted by atomic mass is 9.99. The SMILES string of the molecule is O=C1C(=O)N(CCOCCO)C(c2ccco2)C1=C(O)c1cccc([N+](=O)[O-])c1. The van der Waals surface area contributed by atoms with Gasteiger partial charge >= 0.3 is 0 Å². The van der Waals surface area contributed by atoms with Crippen LogP contribution in [0, 0.1) is 10.1 Å². The quantitative estimate of drug-likeness (QED) is 0.169. The fraction of sp³-hybridized carbons (Fsp3) is 0.263. The van der Waals surface area contributed by atoms with Crippen LogP contribution in [-0.4, -0.2) is 58.1 Å². The minimum atomic E-state index is -1.01. The van der Waals surface area contributed by atoms with Gasteiger partial charge in [0, 0.05) is 24.2 Å². The van der Waals surface area contributed by atoms with Crippen LogP contribution >= 0.6 is 0 Å². The lowest BCUT2D eigenvalue weighted by molar-refractivity contribution is -0.384. The van der Waals surface area contributed by atoms with E-state index in [2.05, 4.69) is 0 Å². The maximum absolute atomic E-state index is 12.7. The van der Waals surface area contributed by atoms with E-state index < -0.39 is 28.4 Å². The van der Waals surface area contributed by atoms with Gasteiger partial charge in [-0.15, -0.1) is 0 Å². The number of hydrogen-bond donors (Lipinski definition) is 2. The first-order valence-corrected chi connectivity index (χ1v) is 8.71. The summed E-state index contributed by atoms with van der Waals surface area (Å²) in [5, 5.41) is 30.6. The molecule has 0 bridgehead atoms. The van der Waals surface area contributed by atoms with E-state index in [9.17, 15) is 24.8 Å². The van der Waals surface area contributed by atoms with Crippen molar-refractivity contribution in [2.24, 2.45) is 0 Å². The second kappa shape index (κ2) is 8.67. The predicted molar refractivity (Wildman–Crippen MR) is 98.7 cm³/mol. The normalized spacial score (nSPS) is 18.4. The number of carbonyl (C=O) groups excluding carboxylic acids is 2. The summed E-state index contributed by atoms with van der Waals surface area (Å²) in [5.41, 5.74) is -0.465. The summed E-state index contributed by atoms with van der Waals surface area (Å²) in [6.45, 7) is -0.0421. The zero-order valence-corrected chi connectivity index (χ0v) is 15.2. The number of furan rings is 1. The second-order valence-corrected chi connectivity index (χ2v) is 6.15. The Kier molecular flexibility index (Phi) is 6.05. The fourth-order valence-corrected chi connectivity index (χ4v) is 3.11. The standard InChI is InChI=1S/C19H18N2O8/c22-7-10-28-9-6-20-16(14-5-2-8-29-14)15(18(24)19(20)25)17(23)12-3-1-4-13(11-12)21(26)27/h1-5,8,11,16,22-23H,6-7,9-10H2. The molecule has 2 aromatic rings. The number of likely N-dealkylation sites (tertiary alicyclic amines) is 1. The molecule has 29 heavy (non-hydrogen) atoms. The molecule has 1 aliphatic rings. The van der Waals surface area contributed by atoms with Gasteiger partial charge in [0.05, 0.1) is 36.6 Å².